The molecule has 2 rings (SSSR count). The molecule has 20 heavy (non-hydrogen) atoms. The van der Waals surface area contributed by atoms with E-state index in [4.69, 9.17) is 4.74 Å². The van der Waals surface area contributed by atoms with Crippen molar-refractivity contribution < 1.29 is 9.53 Å². The van der Waals surface area contributed by atoms with Gasteiger partial charge in [0, 0.05) is 19.6 Å². The van der Waals surface area contributed by atoms with Crippen LogP contribution in [0.15, 0.2) is 12.3 Å². The fraction of sp³-hybridized carbons (Fsp3) is 0.750. The smallest absolute Gasteiger partial charge is 0.410 e. The van der Waals surface area contributed by atoms with E-state index in [1.165, 1.54) is 12.8 Å². The summed E-state index contributed by atoms with van der Waals surface area (Å²) >= 11 is 0. The van der Waals surface area contributed by atoms with Crippen molar-refractivity contribution in [2.75, 3.05) is 19.6 Å². The first kappa shape index (κ1) is 15.2. The Morgan fingerprint density at radius 1 is 1.30 bits per heavy atom. The molecule has 0 spiro atoms. The van der Waals surface area contributed by atoms with Gasteiger partial charge < -0.3 is 14.5 Å². The Labute approximate surface area is 122 Å². The van der Waals surface area contributed by atoms with Gasteiger partial charge in [-0.3, -0.25) is 0 Å². The van der Waals surface area contributed by atoms with E-state index in [-0.39, 0.29) is 12.1 Å². The zero-order valence-electron chi connectivity index (χ0n) is 13.0. The van der Waals surface area contributed by atoms with Crippen molar-refractivity contribution in [2.45, 2.75) is 58.1 Å². The van der Waals surface area contributed by atoms with E-state index in [2.05, 4.69) is 23.6 Å². The summed E-state index contributed by atoms with van der Waals surface area (Å²) in [5, 5.41) is 0. The SMILES string of the molecule is CC(C)(C)OC(=O)N1C[CH]CCC1C=CN1CCCC1. The maximum Gasteiger partial charge on any atom is 0.410 e. The van der Waals surface area contributed by atoms with Gasteiger partial charge in [-0.2, -0.15) is 0 Å². The molecule has 0 aromatic carbocycles. The summed E-state index contributed by atoms with van der Waals surface area (Å²) in [5.74, 6) is 0. The Kier molecular flexibility index (Phi) is 4.95. The molecule has 4 nitrogen and oxygen atoms in total. The second kappa shape index (κ2) is 6.51. The highest BCUT2D eigenvalue weighted by Gasteiger charge is 2.29. The monoisotopic (exact) mass is 279 g/mol. The molecule has 4 heteroatoms. The Hall–Kier alpha value is -1.19. The molecule has 1 radical (unpaired) electrons. The van der Waals surface area contributed by atoms with Gasteiger partial charge >= 0.3 is 6.09 Å². The van der Waals surface area contributed by atoms with Crippen LogP contribution in [0.2, 0.25) is 0 Å². The minimum Gasteiger partial charge on any atom is -0.444 e. The van der Waals surface area contributed by atoms with E-state index >= 15 is 0 Å². The maximum absolute atomic E-state index is 12.3. The van der Waals surface area contributed by atoms with E-state index in [9.17, 15) is 4.79 Å². The van der Waals surface area contributed by atoms with Crippen molar-refractivity contribution in [1.29, 1.82) is 0 Å². The number of carbonyl (C=O) groups is 1. The molecule has 0 aromatic heterocycles. The molecule has 1 amide bonds. The van der Waals surface area contributed by atoms with Gasteiger partial charge in [0.2, 0.25) is 0 Å². The quantitative estimate of drug-likeness (QED) is 0.778. The third-order valence-corrected chi connectivity index (χ3v) is 3.68. The van der Waals surface area contributed by atoms with Gasteiger partial charge in [-0.25, -0.2) is 4.79 Å². The third kappa shape index (κ3) is 4.43. The lowest BCUT2D eigenvalue weighted by Gasteiger charge is -2.35. The molecule has 2 aliphatic heterocycles. The normalized spacial score (nSPS) is 24.4. The third-order valence-electron chi connectivity index (χ3n) is 3.68. The van der Waals surface area contributed by atoms with Crippen LogP contribution in [0.5, 0.6) is 0 Å². The standard InChI is InChI=1S/C16H27N2O2/c1-16(2,3)20-15(19)18-12-5-4-8-14(18)9-13-17-10-6-7-11-17/h5,9,13-14H,4,6-8,10-12H2,1-3H3. The number of hydrogen-bond donors (Lipinski definition) is 0. The molecule has 2 heterocycles. The molecule has 0 aromatic rings. The highest BCUT2D eigenvalue weighted by atomic mass is 16.6. The summed E-state index contributed by atoms with van der Waals surface area (Å²) in [6.07, 6.45) is 10.9. The minimum atomic E-state index is -0.433. The second-order valence-corrected chi connectivity index (χ2v) is 6.65. The first-order valence-electron chi connectivity index (χ1n) is 7.69. The Bertz CT molecular complexity index is 354. The van der Waals surface area contributed by atoms with Gasteiger partial charge in [-0.05, 0) is 65.2 Å². The number of nitrogens with zero attached hydrogens (tertiary/aromatic N) is 2. The molecule has 1 unspecified atom stereocenters. The largest absolute Gasteiger partial charge is 0.444 e. The number of hydrogen-bond acceptors (Lipinski definition) is 3. The van der Waals surface area contributed by atoms with Crippen LogP contribution in [-0.2, 0) is 4.74 Å². The van der Waals surface area contributed by atoms with Gasteiger partial charge in [0.05, 0.1) is 6.04 Å². The van der Waals surface area contributed by atoms with Crippen LogP contribution < -0.4 is 0 Å². The maximum atomic E-state index is 12.3. The van der Waals surface area contributed by atoms with Crippen LogP contribution in [-0.4, -0.2) is 47.2 Å². The minimum absolute atomic E-state index is 0.162. The molecule has 0 bridgehead atoms. The summed E-state index contributed by atoms with van der Waals surface area (Å²) < 4.78 is 5.50. The van der Waals surface area contributed by atoms with Crippen LogP contribution in [0.25, 0.3) is 0 Å². The number of carbonyl (C=O) groups excluding carboxylic acids is 1. The van der Waals surface area contributed by atoms with Crippen LogP contribution in [0.1, 0.15) is 46.5 Å². The van der Waals surface area contributed by atoms with Crippen molar-refractivity contribution >= 4 is 6.09 Å². The lowest BCUT2D eigenvalue weighted by Crippen LogP contribution is -2.45. The van der Waals surface area contributed by atoms with Gasteiger partial charge in [-0.1, -0.05) is 0 Å². The lowest BCUT2D eigenvalue weighted by atomic mass is 10.0. The molecule has 0 aliphatic carbocycles. The van der Waals surface area contributed by atoms with E-state index < -0.39 is 5.60 Å². The van der Waals surface area contributed by atoms with Crippen LogP contribution in [0, 0.1) is 6.42 Å². The lowest BCUT2D eigenvalue weighted by molar-refractivity contribution is 0.0184. The van der Waals surface area contributed by atoms with E-state index in [0.717, 1.165) is 25.9 Å². The topological polar surface area (TPSA) is 32.8 Å². The average Bonchev–Trinajstić information content (AvgIpc) is 2.87. The van der Waals surface area contributed by atoms with E-state index in [1.54, 1.807) is 0 Å². The van der Waals surface area contributed by atoms with Crippen molar-refractivity contribution in [1.82, 2.24) is 9.80 Å². The molecular formula is C16H27N2O2. The molecular weight excluding hydrogens is 252 g/mol. The number of likely N-dealkylation sites (tertiary alicyclic amines) is 2. The number of piperidine rings is 1. The highest BCUT2D eigenvalue weighted by molar-refractivity contribution is 5.69. The van der Waals surface area contributed by atoms with Gasteiger partial charge in [0.1, 0.15) is 5.60 Å². The fourth-order valence-corrected chi connectivity index (χ4v) is 2.65. The van der Waals surface area contributed by atoms with Gasteiger partial charge in [0.15, 0.2) is 0 Å². The molecule has 2 fully saturated rings. The predicted octanol–water partition coefficient (Wildman–Crippen LogP) is 3.20. The predicted molar refractivity (Wildman–Crippen MR) is 80.2 cm³/mol. The summed E-state index contributed by atoms with van der Waals surface area (Å²) in [6.45, 7) is 8.70. The average molecular weight is 279 g/mol. The molecule has 2 aliphatic rings. The summed E-state index contributed by atoms with van der Waals surface area (Å²) in [7, 11) is 0. The van der Waals surface area contributed by atoms with Gasteiger partial charge in [0.25, 0.3) is 0 Å². The first-order valence-corrected chi connectivity index (χ1v) is 7.69. The summed E-state index contributed by atoms with van der Waals surface area (Å²) in [6, 6.07) is 0.162. The zero-order valence-corrected chi connectivity index (χ0v) is 13.0. The van der Waals surface area contributed by atoms with Crippen LogP contribution in [0.4, 0.5) is 4.79 Å². The van der Waals surface area contributed by atoms with E-state index in [0.29, 0.717) is 6.54 Å². The molecule has 2 saturated heterocycles. The molecule has 0 N–H and O–H groups in total. The van der Waals surface area contributed by atoms with Crippen LogP contribution in [0.3, 0.4) is 0 Å². The number of rotatable bonds is 2. The second-order valence-electron chi connectivity index (χ2n) is 6.65. The van der Waals surface area contributed by atoms with Crippen molar-refractivity contribution in [3.63, 3.8) is 0 Å². The van der Waals surface area contributed by atoms with Crippen molar-refractivity contribution in [3.8, 4) is 0 Å². The van der Waals surface area contributed by atoms with Gasteiger partial charge in [-0.15, -0.1) is 0 Å². The number of ether oxygens (including phenoxy) is 1. The summed E-state index contributed by atoms with van der Waals surface area (Å²) in [4.78, 5) is 16.4. The molecule has 1 atom stereocenters. The van der Waals surface area contributed by atoms with Crippen molar-refractivity contribution in [2.24, 2.45) is 0 Å². The zero-order chi connectivity index (χ0) is 14.6. The summed E-state index contributed by atoms with van der Waals surface area (Å²) in [5.41, 5.74) is -0.433. The Morgan fingerprint density at radius 2 is 2.00 bits per heavy atom. The van der Waals surface area contributed by atoms with Crippen molar-refractivity contribution in [3.05, 3.63) is 18.7 Å². The Balaban J connectivity index is 1.95. The fourth-order valence-electron chi connectivity index (χ4n) is 2.65. The number of amides is 1. The molecule has 0 saturated carbocycles. The van der Waals surface area contributed by atoms with Crippen LogP contribution >= 0.6 is 0 Å². The Morgan fingerprint density at radius 3 is 2.65 bits per heavy atom. The highest BCUT2D eigenvalue weighted by Crippen LogP contribution is 2.21. The van der Waals surface area contributed by atoms with E-state index in [1.807, 2.05) is 25.7 Å². The first-order chi connectivity index (χ1) is 9.46. The molecule has 113 valence electrons.